The van der Waals surface area contributed by atoms with Gasteiger partial charge >= 0.3 is 0 Å². The van der Waals surface area contributed by atoms with Gasteiger partial charge in [0.15, 0.2) is 0 Å². The standard InChI is InChI=1S/C13H13N/c1-10-8-13(14-9-11(10)2)12-6-4-3-5-7-12/h3-9H,1-2H3/i3D,4D,5D,6D. The molecule has 0 saturated heterocycles. The summed E-state index contributed by atoms with van der Waals surface area (Å²) in [6.45, 7) is 3.90. The van der Waals surface area contributed by atoms with Gasteiger partial charge in [0.05, 0.1) is 11.2 Å². The lowest BCUT2D eigenvalue weighted by Gasteiger charge is -2.03. The molecule has 1 aromatic carbocycles. The molecule has 2 aromatic rings. The Balaban J connectivity index is 2.67. The first-order valence-corrected chi connectivity index (χ1v) is 4.43. The normalized spacial score (nSPS) is 14.1. The summed E-state index contributed by atoms with van der Waals surface area (Å²) < 4.78 is 30.6. The molecule has 0 saturated carbocycles. The average Bonchev–Trinajstić information content (AvgIpc) is 2.35. The number of aromatic nitrogens is 1. The minimum atomic E-state index is -0.225. The van der Waals surface area contributed by atoms with E-state index in [4.69, 9.17) is 5.48 Å². The minimum absolute atomic E-state index is 0.0493. The van der Waals surface area contributed by atoms with Gasteiger partial charge in [-0.05, 0) is 31.0 Å². The van der Waals surface area contributed by atoms with Crippen molar-refractivity contribution in [3.8, 4) is 11.3 Å². The summed E-state index contributed by atoms with van der Waals surface area (Å²) in [4.78, 5) is 4.23. The van der Waals surface area contributed by atoms with Crippen LogP contribution >= 0.6 is 0 Å². The summed E-state index contributed by atoms with van der Waals surface area (Å²) >= 11 is 0. The molecule has 0 aliphatic heterocycles. The molecule has 0 amide bonds. The fraction of sp³-hybridized carbons (Fsp3) is 0.154. The van der Waals surface area contributed by atoms with E-state index in [0.717, 1.165) is 11.1 Å². The summed E-state index contributed by atoms with van der Waals surface area (Å²) in [6.07, 6.45) is 1.71. The second-order valence-electron chi connectivity index (χ2n) is 3.23. The van der Waals surface area contributed by atoms with Crippen LogP contribution in [0.25, 0.3) is 11.3 Å². The molecule has 0 atom stereocenters. The van der Waals surface area contributed by atoms with Crippen LogP contribution in [0.1, 0.15) is 16.6 Å². The van der Waals surface area contributed by atoms with Crippen LogP contribution < -0.4 is 0 Å². The maximum Gasteiger partial charge on any atom is 0.0704 e. The van der Waals surface area contributed by atoms with E-state index in [-0.39, 0.29) is 24.2 Å². The highest BCUT2D eigenvalue weighted by Gasteiger charge is 1.99. The Bertz CT molecular complexity index is 623. The first kappa shape index (κ1) is 5.30. The molecule has 1 heterocycles. The predicted octanol–water partition coefficient (Wildman–Crippen LogP) is 3.37. The summed E-state index contributed by atoms with van der Waals surface area (Å²) in [5.41, 5.74) is 3.11. The van der Waals surface area contributed by atoms with Crippen LogP contribution in [0, 0.1) is 13.8 Å². The van der Waals surface area contributed by atoms with Crippen molar-refractivity contribution < 1.29 is 5.48 Å². The number of aryl methyl sites for hydroxylation is 2. The van der Waals surface area contributed by atoms with Crippen molar-refractivity contribution in [2.24, 2.45) is 0 Å². The first-order valence-electron chi connectivity index (χ1n) is 6.43. The third kappa shape index (κ3) is 1.67. The van der Waals surface area contributed by atoms with Crippen LogP contribution in [0.5, 0.6) is 0 Å². The summed E-state index contributed by atoms with van der Waals surface area (Å²) in [5.74, 6) is 0. The minimum Gasteiger partial charge on any atom is -0.256 e. The second kappa shape index (κ2) is 3.62. The van der Waals surface area contributed by atoms with E-state index in [1.165, 1.54) is 6.07 Å². The first-order chi connectivity index (χ1) is 8.41. The zero-order valence-corrected chi connectivity index (χ0v) is 8.18. The largest absolute Gasteiger partial charge is 0.256 e. The Labute approximate surface area is 90.1 Å². The summed E-state index contributed by atoms with van der Waals surface area (Å²) in [7, 11) is 0. The zero-order valence-electron chi connectivity index (χ0n) is 12.2. The Morgan fingerprint density at radius 2 is 2.00 bits per heavy atom. The number of hydrogen-bond donors (Lipinski definition) is 0. The number of nitrogens with zero attached hydrogens (tertiary/aromatic N) is 1. The molecule has 0 bridgehead atoms. The zero-order chi connectivity index (χ0) is 13.4. The molecule has 1 aromatic heterocycles. The van der Waals surface area contributed by atoms with Gasteiger partial charge in [-0.25, -0.2) is 0 Å². The van der Waals surface area contributed by atoms with Gasteiger partial charge in [-0.15, -0.1) is 0 Å². The smallest absolute Gasteiger partial charge is 0.0704 e. The molecule has 1 nitrogen and oxygen atoms in total. The summed E-state index contributed by atoms with van der Waals surface area (Å²) in [5, 5.41) is 0. The maximum absolute atomic E-state index is 7.86. The van der Waals surface area contributed by atoms with Gasteiger partial charge in [-0.3, -0.25) is 4.98 Å². The SMILES string of the molecule is [2H]c1cc(-c2cc(C)c(C)cn2)c([2H])c([2H])c1[2H]. The van der Waals surface area contributed by atoms with Gasteiger partial charge in [0.2, 0.25) is 0 Å². The number of hydrogen-bond acceptors (Lipinski definition) is 1. The number of pyridine rings is 1. The van der Waals surface area contributed by atoms with Crippen molar-refractivity contribution in [3.63, 3.8) is 0 Å². The van der Waals surface area contributed by atoms with E-state index in [9.17, 15) is 0 Å². The molecule has 0 aliphatic carbocycles. The molecule has 0 aliphatic rings. The van der Waals surface area contributed by atoms with Crippen molar-refractivity contribution in [2.75, 3.05) is 0 Å². The summed E-state index contributed by atoms with van der Waals surface area (Å²) in [6, 6.07) is 2.73. The molecule has 0 spiro atoms. The Morgan fingerprint density at radius 1 is 1.14 bits per heavy atom. The highest BCUT2D eigenvalue weighted by atomic mass is 14.7. The molecule has 1 heteroatoms. The molecule has 0 unspecified atom stereocenters. The average molecular weight is 187 g/mol. The molecular formula is C13H13N. The van der Waals surface area contributed by atoms with Crippen molar-refractivity contribution in [1.82, 2.24) is 4.98 Å². The Morgan fingerprint density at radius 3 is 2.79 bits per heavy atom. The molecule has 2 rings (SSSR count). The maximum atomic E-state index is 7.86. The van der Waals surface area contributed by atoms with Gasteiger partial charge < -0.3 is 0 Å². The fourth-order valence-corrected chi connectivity index (χ4v) is 1.19. The molecule has 0 N–H and O–H groups in total. The van der Waals surface area contributed by atoms with E-state index < -0.39 is 0 Å². The van der Waals surface area contributed by atoms with Gasteiger partial charge in [-0.1, -0.05) is 30.2 Å². The molecule has 14 heavy (non-hydrogen) atoms. The van der Waals surface area contributed by atoms with Crippen LogP contribution in [-0.2, 0) is 0 Å². The van der Waals surface area contributed by atoms with Crippen LogP contribution in [0.3, 0.4) is 0 Å². The third-order valence-corrected chi connectivity index (χ3v) is 2.20. The topological polar surface area (TPSA) is 12.9 Å². The van der Waals surface area contributed by atoms with Crippen molar-refractivity contribution in [1.29, 1.82) is 0 Å². The van der Waals surface area contributed by atoms with Crippen molar-refractivity contribution in [2.45, 2.75) is 13.8 Å². The number of benzene rings is 1. The second-order valence-corrected chi connectivity index (χ2v) is 3.23. The highest BCUT2D eigenvalue weighted by Crippen LogP contribution is 2.18. The van der Waals surface area contributed by atoms with Crippen LogP contribution in [0.4, 0.5) is 0 Å². The lowest BCUT2D eigenvalue weighted by Crippen LogP contribution is -1.87. The van der Waals surface area contributed by atoms with E-state index in [1.807, 2.05) is 19.9 Å². The molecule has 70 valence electrons. The molecular weight excluding hydrogens is 170 g/mol. The van der Waals surface area contributed by atoms with E-state index in [1.54, 1.807) is 6.20 Å². The fourth-order valence-electron chi connectivity index (χ4n) is 1.19. The van der Waals surface area contributed by atoms with Gasteiger partial charge in [0.1, 0.15) is 0 Å². The number of rotatable bonds is 1. The van der Waals surface area contributed by atoms with Crippen molar-refractivity contribution in [3.05, 3.63) is 53.6 Å². The van der Waals surface area contributed by atoms with Gasteiger partial charge in [0, 0.05) is 11.8 Å². The van der Waals surface area contributed by atoms with Gasteiger partial charge in [0.25, 0.3) is 0 Å². The van der Waals surface area contributed by atoms with E-state index >= 15 is 0 Å². The monoisotopic (exact) mass is 187 g/mol. The Kier molecular flexibility index (Phi) is 1.37. The van der Waals surface area contributed by atoms with Crippen LogP contribution in [0.2, 0.25) is 0 Å². The van der Waals surface area contributed by atoms with Crippen LogP contribution in [-0.4, -0.2) is 4.98 Å². The quantitative estimate of drug-likeness (QED) is 0.667. The van der Waals surface area contributed by atoms with Crippen LogP contribution in [0.15, 0.2) is 42.5 Å². The predicted molar refractivity (Wildman–Crippen MR) is 59.1 cm³/mol. The van der Waals surface area contributed by atoms with E-state index in [0.29, 0.717) is 11.3 Å². The van der Waals surface area contributed by atoms with Crippen molar-refractivity contribution >= 4 is 0 Å². The van der Waals surface area contributed by atoms with Gasteiger partial charge in [-0.2, -0.15) is 0 Å². The highest BCUT2D eigenvalue weighted by molar-refractivity contribution is 5.59. The lowest BCUT2D eigenvalue weighted by atomic mass is 10.1. The molecule has 0 radical (unpaired) electrons. The third-order valence-electron chi connectivity index (χ3n) is 2.20. The Hall–Kier alpha value is -1.63. The lowest BCUT2D eigenvalue weighted by molar-refractivity contribution is 1.22. The molecule has 0 fully saturated rings. The van der Waals surface area contributed by atoms with E-state index in [2.05, 4.69) is 4.98 Å².